The van der Waals surface area contributed by atoms with Crippen molar-refractivity contribution >= 4 is 5.91 Å². The van der Waals surface area contributed by atoms with Crippen LogP contribution in [-0.2, 0) is 16.0 Å². The summed E-state index contributed by atoms with van der Waals surface area (Å²) < 4.78 is 5.89. The highest BCUT2D eigenvalue weighted by molar-refractivity contribution is 5.77. The highest BCUT2D eigenvalue weighted by Crippen LogP contribution is 2.34. The van der Waals surface area contributed by atoms with Crippen LogP contribution in [0.3, 0.4) is 0 Å². The summed E-state index contributed by atoms with van der Waals surface area (Å²) in [4.78, 5) is 12.8. The van der Waals surface area contributed by atoms with Gasteiger partial charge in [-0.3, -0.25) is 4.79 Å². The highest BCUT2D eigenvalue weighted by Gasteiger charge is 2.24. The van der Waals surface area contributed by atoms with Crippen LogP contribution in [0.1, 0.15) is 40.7 Å². The van der Waals surface area contributed by atoms with Gasteiger partial charge in [0.05, 0.1) is 6.61 Å². The van der Waals surface area contributed by atoms with E-state index in [2.05, 4.69) is 17.4 Å². The van der Waals surface area contributed by atoms with E-state index in [-0.39, 0.29) is 30.1 Å². The van der Waals surface area contributed by atoms with Crippen LogP contribution in [0, 0.1) is 0 Å². The van der Waals surface area contributed by atoms with Crippen LogP contribution in [0.2, 0.25) is 0 Å². The molecule has 0 radical (unpaired) electrons. The maximum absolute atomic E-state index is 12.8. The first-order valence-corrected chi connectivity index (χ1v) is 10.0. The molecular formula is C25H25NO3. The highest BCUT2D eigenvalue weighted by atomic mass is 16.5. The van der Waals surface area contributed by atoms with E-state index < -0.39 is 0 Å². The summed E-state index contributed by atoms with van der Waals surface area (Å²) in [5.74, 6) is -0.0654. The van der Waals surface area contributed by atoms with Gasteiger partial charge in [-0.15, -0.1) is 0 Å². The summed E-state index contributed by atoms with van der Waals surface area (Å²) in [6.07, 6.45) is 1.05. The van der Waals surface area contributed by atoms with Gasteiger partial charge in [0.2, 0.25) is 5.91 Å². The SMILES string of the molecule is O=C(CC(c1ccccc1)c1ccccc1O)NCC1OCCc2ccccc21. The van der Waals surface area contributed by atoms with Gasteiger partial charge in [0, 0.05) is 24.4 Å². The number of phenols is 1. The molecule has 0 saturated heterocycles. The molecule has 2 unspecified atom stereocenters. The third kappa shape index (κ3) is 4.49. The van der Waals surface area contributed by atoms with Crippen LogP contribution < -0.4 is 5.32 Å². The zero-order valence-electron chi connectivity index (χ0n) is 16.3. The first-order chi connectivity index (χ1) is 14.2. The number of carbonyl (C=O) groups excluding carboxylic acids is 1. The Bertz CT molecular complexity index is 971. The van der Waals surface area contributed by atoms with Crippen molar-refractivity contribution in [2.45, 2.75) is 24.9 Å². The van der Waals surface area contributed by atoms with Crippen molar-refractivity contribution in [3.8, 4) is 5.75 Å². The van der Waals surface area contributed by atoms with Gasteiger partial charge in [-0.05, 0) is 29.2 Å². The Kier molecular flexibility index (Phi) is 5.92. The molecule has 1 heterocycles. The van der Waals surface area contributed by atoms with E-state index in [9.17, 15) is 9.90 Å². The number of phenolic OH excluding ortho intramolecular Hbond substituents is 1. The first kappa shape index (κ1) is 19.2. The molecule has 4 nitrogen and oxygen atoms in total. The third-order valence-corrected chi connectivity index (χ3v) is 5.48. The van der Waals surface area contributed by atoms with Crippen LogP contribution in [0.25, 0.3) is 0 Å². The van der Waals surface area contributed by atoms with Crippen molar-refractivity contribution in [3.63, 3.8) is 0 Å². The molecule has 2 N–H and O–H groups in total. The number of para-hydroxylation sites is 1. The quantitative estimate of drug-likeness (QED) is 0.661. The Hall–Kier alpha value is -3.11. The number of hydrogen-bond acceptors (Lipinski definition) is 3. The number of amides is 1. The van der Waals surface area contributed by atoms with Gasteiger partial charge in [0.1, 0.15) is 11.9 Å². The third-order valence-electron chi connectivity index (χ3n) is 5.48. The van der Waals surface area contributed by atoms with Crippen molar-refractivity contribution in [3.05, 3.63) is 101 Å². The van der Waals surface area contributed by atoms with Crippen molar-refractivity contribution in [1.29, 1.82) is 0 Å². The van der Waals surface area contributed by atoms with Crippen molar-refractivity contribution < 1.29 is 14.6 Å². The molecule has 1 aliphatic heterocycles. The van der Waals surface area contributed by atoms with Crippen LogP contribution in [0.5, 0.6) is 5.75 Å². The summed E-state index contributed by atoms with van der Waals surface area (Å²) in [5.41, 5.74) is 4.20. The monoisotopic (exact) mass is 387 g/mol. The lowest BCUT2D eigenvalue weighted by Gasteiger charge is -2.26. The Morgan fingerprint density at radius 2 is 1.72 bits per heavy atom. The topological polar surface area (TPSA) is 58.6 Å². The van der Waals surface area contributed by atoms with E-state index in [4.69, 9.17) is 4.74 Å². The maximum atomic E-state index is 12.8. The number of ether oxygens (including phenoxy) is 1. The van der Waals surface area contributed by atoms with Crippen LogP contribution in [0.4, 0.5) is 0 Å². The van der Waals surface area contributed by atoms with Gasteiger partial charge < -0.3 is 15.2 Å². The van der Waals surface area contributed by atoms with Crippen LogP contribution in [0.15, 0.2) is 78.9 Å². The molecule has 0 aromatic heterocycles. The fraction of sp³-hybridized carbons (Fsp3) is 0.240. The second-order valence-electron chi connectivity index (χ2n) is 7.34. The van der Waals surface area contributed by atoms with E-state index in [1.807, 2.05) is 54.6 Å². The summed E-state index contributed by atoms with van der Waals surface area (Å²) in [6, 6.07) is 25.3. The first-order valence-electron chi connectivity index (χ1n) is 10.0. The average Bonchev–Trinajstić information content (AvgIpc) is 2.77. The number of aromatic hydroxyl groups is 1. The van der Waals surface area contributed by atoms with Gasteiger partial charge in [-0.1, -0.05) is 72.8 Å². The van der Waals surface area contributed by atoms with Gasteiger partial charge in [0.25, 0.3) is 0 Å². The smallest absolute Gasteiger partial charge is 0.221 e. The molecule has 148 valence electrons. The van der Waals surface area contributed by atoms with Crippen molar-refractivity contribution in [2.75, 3.05) is 13.2 Å². The minimum atomic E-state index is -0.211. The zero-order valence-corrected chi connectivity index (χ0v) is 16.3. The predicted molar refractivity (Wildman–Crippen MR) is 113 cm³/mol. The Morgan fingerprint density at radius 3 is 2.55 bits per heavy atom. The Labute approximate surface area is 171 Å². The molecule has 0 bridgehead atoms. The summed E-state index contributed by atoms with van der Waals surface area (Å²) in [6.45, 7) is 1.11. The zero-order chi connectivity index (χ0) is 20.1. The van der Waals surface area contributed by atoms with E-state index in [1.165, 1.54) is 5.56 Å². The minimum Gasteiger partial charge on any atom is -0.508 e. The Morgan fingerprint density at radius 1 is 1.00 bits per heavy atom. The van der Waals surface area contributed by atoms with Gasteiger partial charge in [0.15, 0.2) is 0 Å². The van der Waals surface area contributed by atoms with Crippen molar-refractivity contribution in [2.24, 2.45) is 0 Å². The molecule has 3 aromatic carbocycles. The molecule has 29 heavy (non-hydrogen) atoms. The number of fused-ring (bicyclic) bond motifs is 1. The summed E-state index contributed by atoms with van der Waals surface area (Å²) >= 11 is 0. The maximum Gasteiger partial charge on any atom is 0.221 e. The van der Waals surface area contributed by atoms with Gasteiger partial charge >= 0.3 is 0 Å². The minimum absolute atomic E-state index is 0.0613. The molecular weight excluding hydrogens is 362 g/mol. The van der Waals surface area contributed by atoms with Crippen molar-refractivity contribution in [1.82, 2.24) is 5.32 Å². The standard InChI is InChI=1S/C25H25NO3/c27-23-13-7-6-12-21(23)22(18-8-2-1-3-9-18)16-25(28)26-17-24-20-11-5-4-10-19(20)14-15-29-24/h1-13,22,24,27H,14-17H2,(H,26,28). The summed E-state index contributed by atoms with van der Waals surface area (Å²) in [5, 5.41) is 13.4. The fourth-order valence-corrected chi connectivity index (χ4v) is 3.98. The average molecular weight is 387 g/mol. The molecule has 0 fully saturated rings. The van der Waals surface area contributed by atoms with E-state index in [1.54, 1.807) is 12.1 Å². The number of rotatable bonds is 6. The lowest BCUT2D eigenvalue weighted by Crippen LogP contribution is -2.32. The van der Waals surface area contributed by atoms with Gasteiger partial charge in [-0.25, -0.2) is 0 Å². The molecule has 4 heteroatoms. The molecule has 2 atom stereocenters. The Balaban J connectivity index is 1.47. The molecule has 4 rings (SSSR count). The predicted octanol–water partition coefficient (Wildman–Crippen LogP) is 4.34. The number of benzene rings is 3. The number of nitrogens with one attached hydrogen (secondary N) is 1. The van der Waals surface area contributed by atoms with Crippen LogP contribution in [-0.4, -0.2) is 24.2 Å². The molecule has 0 saturated carbocycles. The summed E-state index contributed by atoms with van der Waals surface area (Å²) in [7, 11) is 0. The molecule has 1 amide bonds. The molecule has 0 aliphatic carbocycles. The number of hydrogen-bond donors (Lipinski definition) is 2. The largest absolute Gasteiger partial charge is 0.508 e. The van der Waals surface area contributed by atoms with Gasteiger partial charge in [-0.2, -0.15) is 0 Å². The normalized spacial score (nSPS) is 16.6. The lowest BCUT2D eigenvalue weighted by atomic mass is 9.87. The van der Waals surface area contributed by atoms with E-state index in [0.717, 1.165) is 23.1 Å². The molecule has 0 spiro atoms. The fourth-order valence-electron chi connectivity index (χ4n) is 3.98. The lowest BCUT2D eigenvalue weighted by molar-refractivity contribution is -0.122. The second-order valence-corrected chi connectivity index (χ2v) is 7.34. The molecule has 3 aromatic rings. The van der Waals surface area contributed by atoms with E-state index in [0.29, 0.717) is 13.2 Å². The second kappa shape index (κ2) is 8.93. The van der Waals surface area contributed by atoms with E-state index >= 15 is 0 Å². The molecule has 1 aliphatic rings. The van der Waals surface area contributed by atoms with Crippen LogP contribution >= 0.6 is 0 Å². The number of carbonyl (C=O) groups is 1.